The van der Waals surface area contributed by atoms with Crippen molar-refractivity contribution in [3.05, 3.63) is 99.3 Å². The molecule has 0 saturated carbocycles. The van der Waals surface area contributed by atoms with Gasteiger partial charge in [0.25, 0.3) is 11.7 Å². The highest BCUT2D eigenvalue weighted by atomic mass is 79.9. The van der Waals surface area contributed by atoms with Crippen LogP contribution in [0.25, 0.3) is 5.76 Å². The fraction of sp³-hybridized carbons (Fsp3) is 0.192. The van der Waals surface area contributed by atoms with Gasteiger partial charge in [0.2, 0.25) is 0 Å². The lowest BCUT2D eigenvalue weighted by atomic mass is 9.95. The first-order valence-electron chi connectivity index (χ1n) is 10.4. The summed E-state index contributed by atoms with van der Waals surface area (Å²) >= 11 is 3.45. The minimum absolute atomic E-state index is 0.0534. The highest BCUT2D eigenvalue weighted by Crippen LogP contribution is 2.42. The highest BCUT2D eigenvalue weighted by Gasteiger charge is 2.47. The summed E-state index contributed by atoms with van der Waals surface area (Å²) in [6.45, 7) is 6.09. The van der Waals surface area contributed by atoms with Crippen LogP contribution >= 0.6 is 15.9 Å². The molecule has 1 amide bonds. The number of nitrogens with zero attached hydrogens (tertiary/aromatic N) is 2. The van der Waals surface area contributed by atoms with Crippen molar-refractivity contribution in [3.63, 3.8) is 0 Å². The molecule has 0 spiro atoms. The first-order chi connectivity index (χ1) is 15.3. The number of amides is 1. The number of halogens is 1. The molecule has 3 aromatic rings. The van der Waals surface area contributed by atoms with Gasteiger partial charge >= 0.3 is 0 Å². The zero-order valence-corrected chi connectivity index (χ0v) is 19.6. The van der Waals surface area contributed by atoms with E-state index in [1.165, 1.54) is 4.90 Å². The van der Waals surface area contributed by atoms with Crippen LogP contribution in [-0.4, -0.2) is 21.8 Å². The predicted molar refractivity (Wildman–Crippen MR) is 128 cm³/mol. The summed E-state index contributed by atoms with van der Waals surface area (Å²) in [6, 6.07) is 15.7. The summed E-state index contributed by atoms with van der Waals surface area (Å²) in [4.78, 5) is 32.0. The topological polar surface area (TPSA) is 70.5 Å². The van der Waals surface area contributed by atoms with Crippen molar-refractivity contribution in [1.29, 1.82) is 0 Å². The number of carbonyl (C=O) groups is 2. The monoisotopic (exact) mass is 490 g/mol. The lowest BCUT2D eigenvalue weighted by Crippen LogP contribution is -2.29. The van der Waals surface area contributed by atoms with Gasteiger partial charge in [-0.05, 0) is 59.9 Å². The average Bonchev–Trinajstić information content (AvgIpc) is 3.06. The van der Waals surface area contributed by atoms with Crippen molar-refractivity contribution in [3.8, 4) is 0 Å². The molecule has 2 aromatic carbocycles. The second kappa shape index (κ2) is 8.71. The van der Waals surface area contributed by atoms with E-state index in [1.807, 2.05) is 37.3 Å². The average molecular weight is 491 g/mol. The first-order valence-corrected chi connectivity index (χ1v) is 11.2. The van der Waals surface area contributed by atoms with Gasteiger partial charge in [-0.15, -0.1) is 0 Å². The molecule has 1 aliphatic heterocycles. The van der Waals surface area contributed by atoms with Crippen LogP contribution in [0.3, 0.4) is 0 Å². The Morgan fingerprint density at radius 3 is 2.41 bits per heavy atom. The number of aryl methyl sites for hydroxylation is 1. The summed E-state index contributed by atoms with van der Waals surface area (Å²) in [5.41, 5.74) is 3.82. The maximum atomic E-state index is 13.2. The van der Waals surface area contributed by atoms with Crippen LogP contribution in [0.15, 0.2) is 77.0 Å². The summed E-state index contributed by atoms with van der Waals surface area (Å²) in [6.07, 6.45) is 3.25. The van der Waals surface area contributed by atoms with Crippen LogP contribution in [0, 0.1) is 6.92 Å². The van der Waals surface area contributed by atoms with Gasteiger partial charge in [-0.25, -0.2) is 0 Å². The van der Waals surface area contributed by atoms with Gasteiger partial charge in [-0.1, -0.05) is 54.0 Å². The van der Waals surface area contributed by atoms with E-state index in [0.717, 1.165) is 15.6 Å². The lowest BCUT2D eigenvalue weighted by molar-refractivity contribution is -0.132. The SMILES string of the molecule is Cc1cc(/C(O)=C2/C(=O)C(=O)N(c3ccc(C(C)C)cc3)C2c2cccnc2)ccc1Br. The zero-order chi connectivity index (χ0) is 23.0. The minimum Gasteiger partial charge on any atom is -0.507 e. The van der Waals surface area contributed by atoms with Crippen LogP contribution in [0.2, 0.25) is 0 Å². The molecule has 5 nitrogen and oxygen atoms in total. The molecular formula is C26H23BrN2O3. The van der Waals surface area contributed by atoms with Crippen LogP contribution in [-0.2, 0) is 9.59 Å². The van der Waals surface area contributed by atoms with Crippen molar-refractivity contribution in [2.24, 2.45) is 0 Å². The van der Waals surface area contributed by atoms with Crippen LogP contribution in [0.5, 0.6) is 0 Å². The van der Waals surface area contributed by atoms with Crippen molar-refractivity contribution in [2.75, 3.05) is 4.90 Å². The number of benzene rings is 2. The Morgan fingerprint density at radius 2 is 1.81 bits per heavy atom. The number of hydrogen-bond acceptors (Lipinski definition) is 4. The van der Waals surface area contributed by atoms with E-state index >= 15 is 0 Å². The maximum Gasteiger partial charge on any atom is 0.300 e. The molecule has 162 valence electrons. The van der Waals surface area contributed by atoms with Crippen molar-refractivity contribution in [2.45, 2.75) is 32.7 Å². The molecule has 0 bridgehead atoms. The molecule has 1 aliphatic rings. The number of Topliss-reactive ketones (excluding diaryl/α,β-unsaturated/α-hetero) is 1. The minimum atomic E-state index is -0.780. The van der Waals surface area contributed by atoms with E-state index in [0.29, 0.717) is 22.7 Å². The molecule has 0 radical (unpaired) electrons. The number of carbonyl (C=O) groups excluding carboxylic acids is 2. The smallest absolute Gasteiger partial charge is 0.300 e. The second-order valence-corrected chi connectivity index (χ2v) is 9.02. The summed E-state index contributed by atoms with van der Waals surface area (Å²) in [5, 5.41) is 11.2. The molecule has 4 rings (SSSR count). The van der Waals surface area contributed by atoms with Gasteiger partial charge in [-0.2, -0.15) is 0 Å². The van der Waals surface area contributed by atoms with E-state index < -0.39 is 17.7 Å². The van der Waals surface area contributed by atoms with Gasteiger partial charge in [0.15, 0.2) is 0 Å². The molecule has 1 aromatic heterocycles. The third-order valence-corrected chi connectivity index (χ3v) is 6.60. The highest BCUT2D eigenvalue weighted by molar-refractivity contribution is 9.10. The Morgan fingerprint density at radius 1 is 1.09 bits per heavy atom. The van der Waals surface area contributed by atoms with Crippen LogP contribution < -0.4 is 4.90 Å². The van der Waals surface area contributed by atoms with E-state index in [-0.39, 0.29) is 11.3 Å². The fourth-order valence-electron chi connectivity index (χ4n) is 3.92. The Labute approximate surface area is 195 Å². The number of pyridine rings is 1. The number of anilines is 1. The van der Waals surface area contributed by atoms with E-state index in [1.54, 1.807) is 36.7 Å². The fourth-order valence-corrected chi connectivity index (χ4v) is 4.17. The molecule has 1 fully saturated rings. The summed E-state index contributed by atoms with van der Waals surface area (Å²) < 4.78 is 0.892. The Balaban J connectivity index is 1.90. The molecule has 6 heteroatoms. The predicted octanol–water partition coefficient (Wildman–Crippen LogP) is 5.90. The molecule has 1 atom stereocenters. The van der Waals surface area contributed by atoms with Gasteiger partial charge in [0.1, 0.15) is 5.76 Å². The van der Waals surface area contributed by atoms with E-state index in [2.05, 4.69) is 34.8 Å². The number of aliphatic hydroxyl groups is 1. The molecule has 1 saturated heterocycles. The van der Waals surface area contributed by atoms with Gasteiger partial charge < -0.3 is 5.11 Å². The van der Waals surface area contributed by atoms with Gasteiger partial charge in [0, 0.05) is 28.1 Å². The maximum absolute atomic E-state index is 13.2. The van der Waals surface area contributed by atoms with Crippen molar-refractivity contribution in [1.82, 2.24) is 4.98 Å². The second-order valence-electron chi connectivity index (χ2n) is 8.17. The quantitative estimate of drug-likeness (QED) is 0.280. The third kappa shape index (κ3) is 3.86. The number of rotatable bonds is 4. The molecule has 1 unspecified atom stereocenters. The third-order valence-electron chi connectivity index (χ3n) is 5.71. The summed E-state index contributed by atoms with van der Waals surface area (Å²) in [7, 11) is 0. The Hall–Kier alpha value is -3.25. The van der Waals surface area contributed by atoms with Crippen molar-refractivity contribution < 1.29 is 14.7 Å². The van der Waals surface area contributed by atoms with Crippen LogP contribution in [0.1, 0.15) is 48.1 Å². The van der Waals surface area contributed by atoms with E-state index in [4.69, 9.17) is 0 Å². The lowest BCUT2D eigenvalue weighted by Gasteiger charge is -2.25. The number of aliphatic hydroxyl groups excluding tert-OH is 1. The number of aromatic nitrogens is 1. The molecule has 1 N–H and O–H groups in total. The molecule has 0 aliphatic carbocycles. The first kappa shape index (κ1) is 22.0. The van der Waals surface area contributed by atoms with Crippen LogP contribution in [0.4, 0.5) is 5.69 Å². The van der Waals surface area contributed by atoms with Crippen molar-refractivity contribution >= 4 is 39.1 Å². The number of ketones is 1. The summed E-state index contributed by atoms with van der Waals surface area (Å²) in [5.74, 6) is -1.25. The Bertz CT molecular complexity index is 1220. The zero-order valence-electron chi connectivity index (χ0n) is 18.0. The normalized spacial score (nSPS) is 17.9. The largest absolute Gasteiger partial charge is 0.507 e. The molecular weight excluding hydrogens is 468 g/mol. The Kier molecular flexibility index (Phi) is 5.98. The molecule has 32 heavy (non-hydrogen) atoms. The van der Waals surface area contributed by atoms with Gasteiger partial charge in [0.05, 0.1) is 11.6 Å². The van der Waals surface area contributed by atoms with Gasteiger partial charge in [-0.3, -0.25) is 19.5 Å². The number of hydrogen-bond donors (Lipinski definition) is 1. The standard InChI is InChI=1S/C26H23BrN2O3/c1-15(2)17-6-9-20(10-7-17)29-23(19-5-4-12-28-14-19)22(25(31)26(29)32)24(30)18-8-11-21(27)16(3)13-18/h4-15,23,30H,1-3H3/b24-22-. The molecule has 2 heterocycles. The van der Waals surface area contributed by atoms with E-state index in [9.17, 15) is 14.7 Å².